The number of fused-ring (bicyclic) bond motifs is 6. The van der Waals surface area contributed by atoms with Gasteiger partial charge >= 0.3 is 5.97 Å². The molecule has 0 bridgehead atoms. The van der Waals surface area contributed by atoms with Gasteiger partial charge in [0.15, 0.2) is 21.9 Å². The van der Waals surface area contributed by atoms with E-state index in [1.807, 2.05) is 6.07 Å². The van der Waals surface area contributed by atoms with Crippen molar-refractivity contribution in [2.75, 3.05) is 23.8 Å². The van der Waals surface area contributed by atoms with Gasteiger partial charge in [-0.15, -0.1) is 32.8 Å². The number of amides is 2. The molecule has 5 aliphatic heterocycles. The summed E-state index contributed by atoms with van der Waals surface area (Å²) in [5.74, 6) is -4.35. The maximum atomic E-state index is 16.1. The first-order valence-electron chi connectivity index (χ1n) is 31.2. The molecule has 26 heteroatoms. The number of nitrogens with one attached hydrogen (secondary N) is 3. The molecule has 0 radical (unpaired) electrons. The zero-order valence-corrected chi connectivity index (χ0v) is 55.3. The number of nitrogens with two attached hydrogens (primary N) is 1. The van der Waals surface area contributed by atoms with Crippen LogP contribution in [0.25, 0.3) is 0 Å². The number of carboxylic acid groups (broad SMARTS) is 1. The predicted molar refractivity (Wildman–Crippen MR) is 342 cm³/mol. The lowest BCUT2D eigenvalue weighted by atomic mass is 9.51. The Morgan fingerprint density at radius 2 is 1.16 bits per heavy atom. The Labute approximate surface area is 557 Å². The monoisotopic (exact) mass is 1360 g/mol. The van der Waals surface area contributed by atoms with E-state index in [1.165, 1.54) is 31.2 Å². The van der Waals surface area contributed by atoms with Crippen molar-refractivity contribution < 1.29 is 51.4 Å². The molecule has 3 saturated heterocycles. The fourth-order valence-electron chi connectivity index (χ4n) is 16.8. The van der Waals surface area contributed by atoms with E-state index < -0.39 is 63.2 Å². The predicted octanol–water partition coefficient (Wildman–Crippen LogP) is 12.9. The summed E-state index contributed by atoms with van der Waals surface area (Å²) in [6, 6.07) is 12.6. The van der Waals surface area contributed by atoms with Gasteiger partial charge in [-0.2, -0.15) is 0 Å². The van der Waals surface area contributed by atoms with Gasteiger partial charge in [-0.25, -0.2) is 18.7 Å². The lowest BCUT2D eigenvalue weighted by molar-refractivity contribution is -0.139. The number of aromatic nitrogens is 6. The van der Waals surface area contributed by atoms with Gasteiger partial charge in [0.1, 0.15) is 17.2 Å². The van der Waals surface area contributed by atoms with Crippen LogP contribution >= 0.6 is 58.8 Å². The van der Waals surface area contributed by atoms with Crippen LogP contribution in [0.15, 0.2) is 82.5 Å². The average molecular weight is 1370 g/mol. The number of carbonyl (C=O) groups is 4. The van der Waals surface area contributed by atoms with Gasteiger partial charge in [0.25, 0.3) is 0 Å². The fourth-order valence-corrected chi connectivity index (χ4v) is 17.5. The third kappa shape index (κ3) is 12.3. The molecular weight excluding hydrogens is 1290 g/mol. The molecule has 6 N–H and O–H groups in total. The van der Waals surface area contributed by atoms with E-state index in [2.05, 4.69) is 74.0 Å². The summed E-state index contributed by atoms with van der Waals surface area (Å²) in [6.07, 6.45) is 17.2. The summed E-state index contributed by atoms with van der Waals surface area (Å²) in [5, 5.41) is 35.1. The van der Waals surface area contributed by atoms with E-state index in [0.717, 1.165) is 69.8 Å². The van der Waals surface area contributed by atoms with Gasteiger partial charge in [-0.3, -0.25) is 24.5 Å². The van der Waals surface area contributed by atoms with E-state index in [-0.39, 0.29) is 86.4 Å². The van der Waals surface area contributed by atoms with Crippen LogP contribution in [0.4, 0.5) is 20.2 Å². The molecule has 10 atom stereocenters. The van der Waals surface area contributed by atoms with Gasteiger partial charge in [0.05, 0.1) is 43.7 Å². The van der Waals surface area contributed by atoms with Crippen molar-refractivity contribution in [3.8, 4) is 0 Å². The van der Waals surface area contributed by atoms with Crippen LogP contribution < -0.4 is 21.7 Å². The quantitative estimate of drug-likeness (QED) is 0.0797. The number of rotatable bonds is 10. The Morgan fingerprint density at radius 1 is 0.663 bits per heavy atom. The Morgan fingerprint density at radius 3 is 1.65 bits per heavy atom. The summed E-state index contributed by atoms with van der Waals surface area (Å²) in [4.78, 5) is 63.5. The second-order valence-electron chi connectivity index (χ2n) is 27.8. The number of carbonyl (C=O) groups excluding carboxylic acids is 3. The first kappa shape index (κ1) is 67.7. The van der Waals surface area contributed by atoms with Gasteiger partial charge in [0.2, 0.25) is 36.4 Å². The van der Waals surface area contributed by atoms with E-state index in [1.54, 1.807) is 36.4 Å². The minimum absolute atomic E-state index is 0. The Hall–Kier alpha value is -5.75. The first-order valence-corrected chi connectivity index (χ1v) is 32.8. The summed E-state index contributed by atoms with van der Waals surface area (Å²) < 4.78 is 53.5. The summed E-state index contributed by atoms with van der Waals surface area (Å²) in [6.45, 7) is 9.90. The lowest BCUT2D eigenvalue weighted by Crippen LogP contribution is -2.61. The molecule has 1 unspecified atom stereocenters. The van der Waals surface area contributed by atoms with E-state index in [0.29, 0.717) is 90.5 Å². The molecule has 6 aromatic rings. The highest BCUT2D eigenvalue weighted by Gasteiger charge is 2.74. The molecule has 8 aliphatic rings. The van der Waals surface area contributed by atoms with E-state index >= 15 is 8.78 Å². The number of anilines is 2. The second-order valence-corrected chi connectivity index (χ2v) is 29.4. The normalized spacial score (nSPS) is 29.3. The smallest absolute Gasteiger partial charge is 0.321 e. The number of ketones is 1. The van der Waals surface area contributed by atoms with Crippen LogP contribution in [0.1, 0.15) is 163 Å². The zero-order valence-electron chi connectivity index (χ0n) is 51.4. The third-order valence-corrected chi connectivity index (χ3v) is 22.4. The molecule has 2 amide bonds. The number of hydrogen-bond acceptors (Lipinski definition) is 16. The fraction of sp³-hybridized carbons (Fsp3) is 0.545. The maximum absolute atomic E-state index is 16.1. The lowest BCUT2D eigenvalue weighted by Gasteiger charge is -2.51. The van der Waals surface area contributed by atoms with Crippen LogP contribution in [0.3, 0.4) is 0 Å². The van der Waals surface area contributed by atoms with Crippen molar-refractivity contribution in [2.45, 2.75) is 183 Å². The Kier molecular flexibility index (Phi) is 19.5. The number of carboxylic acids is 1. The van der Waals surface area contributed by atoms with Crippen LogP contribution in [0, 0.1) is 39.7 Å². The Balaban J connectivity index is 0.000000161. The topological polar surface area (TPSA) is 273 Å². The molecule has 2 aromatic carbocycles. The van der Waals surface area contributed by atoms with Crippen molar-refractivity contribution in [1.29, 1.82) is 0 Å². The SMILES string of the molecule is CC1(C)CCC2(CC1)C[C@@H](C(=O)C[C@@H]1CC[C@@H](Cc3nnco3)OC1)[C@H](c1ccnc(Cl)c1F)[C@]21C(=O)Nc2cc(Cl)ccc21.CC1(C)CCC2(CC1)N[C@@H](C(=O)O)[C@H](c1ccnc(Cl)c1F)C21C(=O)Nc2cc(Cl)ccc21.Cl.N[C@@H]1CC[C@@H](Cc2nnco2)OC1. The van der Waals surface area contributed by atoms with E-state index in [4.69, 9.17) is 70.4 Å². The average Bonchev–Trinajstić information content (AvgIpc) is 1.51. The number of ether oxygens (including phenoxy) is 2. The highest BCUT2D eigenvalue weighted by Crippen LogP contribution is 2.73. The van der Waals surface area contributed by atoms with Gasteiger partial charge < -0.3 is 39.8 Å². The van der Waals surface area contributed by atoms with E-state index in [9.17, 15) is 24.3 Å². The van der Waals surface area contributed by atoms with Crippen molar-refractivity contribution in [1.82, 2.24) is 35.7 Å². The first-order chi connectivity index (χ1) is 43.4. The molecule has 3 saturated carbocycles. The molecular formula is C66H75Cl5F2N10O9. The van der Waals surface area contributed by atoms with Crippen LogP contribution in [-0.2, 0) is 52.3 Å². The van der Waals surface area contributed by atoms with Crippen molar-refractivity contribution >= 4 is 93.8 Å². The Bertz CT molecular complexity index is 3700. The molecule has 3 aliphatic carbocycles. The van der Waals surface area contributed by atoms with Crippen LogP contribution in [-0.4, -0.2) is 102 Å². The maximum Gasteiger partial charge on any atom is 0.321 e. The van der Waals surface area contributed by atoms with Crippen molar-refractivity contribution in [3.63, 3.8) is 0 Å². The number of nitrogens with zero attached hydrogens (tertiary/aromatic N) is 6. The number of pyridine rings is 2. The highest BCUT2D eigenvalue weighted by atomic mass is 35.5. The molecule has 19 nitrogen and oxygen atoms in total. The number of Topliss-reactive ketones (excluding diaryl/α,β-unsaturated/α-hetero) is 1. The molecule has 6 fully saturated rings. The largest absolute Gasteiger partial charge is 0.480 e. The number of benzene rings is 2. The van der Waals surface area contributed by atoms with Crippen molar-refractivity contribution in [3.05, 3.63) is 140 Å². The minimum Gasteiger partial charge on any atom is -0.480 e. The third-order valence-electron chi connectivity index (χ3n) is 21.4. The van der Waals surface area contributed by atoms with Crippen LogP contribution in [0.2, 0.25) is 20.4 Å². The number of hydrogen-bond donors (Lipinski definition) is 5. The van der Waals surface area contributed by atoms with Gasteiger partial charge in [-0.1, -0.05) is 86.2 Å². The standard InChI is InChI=1S/C34H37Cl2FN4O4.C24H24Cl2FN3O3.C8H13N3O2.ClH/c1-32(2)8-10-33(11-9-32)16-23(26(42)13-19-3-5-21(44-17-19)15-27-41-39-18-45-27)28(22-7-12-38-30(36)29(22)37)34(33)24-6-4-20(35)14-25(24)40-31(34)43;1-22(2)6-8-23(9-7-22)24(14-4-3-12(25)11-15(14)29-21(24)33)16(18(30-23)20(31)32)13-5-10-28-19(26)17(13)27;9-6-1-2-7(12-4-6)3-8-11-10-5-13-8;/h4,6-7,12,14,18-19,21,23,28H,3,5,8-11,13,15-17H2,1-2H3,(H,40,43);3-5,10-11,16,18,30H,6-9H2,1-2H3,(H,29,33)(H,31,32);5-7H,1-4,9H2;1H/t19-,21-,23-,28-,34+;16-,18+,24?;6-,7+;/m001./s1. The molecule has 4 aromatic heterocycles. The van der Waals surface area contributed by atoms with Gasteiger partial charge in [0, 0.05) is 69.6 Å². The molecule has 492 valence electrons. The number of aliphatic carboxylic acids is 1. The second kappa shape index (κ2) is 26.5. The minimum atomic E-state index is -1.36. The molecule has 9 heterocycles. The van der Waals surface area contributed by atoms with Crippen molar-refractivity contribution in [2.24, 2.45) is 33.8 Å². The molecule has 92 heavy (non-hydrogen) atoms. The highest BCUT2D eigenvalue weighted by molar-refractivity contribution is 6.32. The van der Waals surface area contributed by atoms with Crippen LogP contribution in [0.5, 0.6) is 0 Å². The summed E-state index contributed by atoms with van der Waals surface area (Å²) in [5.41, 5.74) is 4.77. The molecule has 4 spiro atoms. The molecule has 14 rings (SSSR count). The summed E-state index contributed by atoms with van der Waals surface area (Å²) >= 11 is 24.9. The summed E-state index contributed by atoms with van der Waals surface area (Å²) in [7, 11) is 0. The number of halogens is 7. The zero-order chi connectivity index (χ0) is 64.4. The van der Waals surface area contributed by atoms with Gasteiger partial charge in [-0.05, 0) is 164 Å².